The summed E-state index contributed by atoms with van der Waals surface area (Å²) in [6.07, 6.45) is 0. The zero-order valence-electron chi connectivity index (χ0n) is 2.70. The van der Waals surface area contributed by atoms with Gasteiger partial charge in [0.15, 0.2) is 0 Å². The Labute approximate surface area is 58.2 Å². The van der Waals surface area contributed by atoms with Gasteiger partial charge in [0, 0.05) is 0 Å². The van der Waals surface area contributed by atoms with E-state index in [0.717, 1.165) is 0 Å². The van der Waals surface area contributed by atoms with E-state index in [1.165, 1.54) is 0 Å². The van der Waals surface area contributed by atoms with E-state index in [-0.39, 0.29) is 31.1 Å². The molecule has 0 aromatic heterocycles. The minimum absolute atomic E-state index is 0. The Bertz CT molecular complexity index is 53.7. The predicted molar refractivity (Wildman–Crippen MR) is 14.3 cm³/mol. The summed E-state index contributed by atoms with van der Waals surface area (Å²) in [5.41, 5.74) is 0. The molecule has 0 spiro atoms. The van der Waals surface area contributed by atoms with Gasteiger partial charge in [0.25, 0.3) is 0 Å². The van der Waals surface area contributed by atoms with Crippen LogP contribution in [0.3, 0.4) is 0 Å². The largest absolute Gasteiger partial charge is 4.00 e. The Morgan fingerprint density at radius 1 is 1.17 bits per heavy atom. The molecule has 32 valence electrons. The third-order valence-corrected chi connectivity index (χ3v) is 0. The van der Waals surface area contributed by atoms with Crippen molar-refractivity contribution in [2.45, 2.75) is 0 Å². The van der Waals surface area contributed by atoms with Gasteiger partial charge < -0.3 is 14.7 Å². The second-order valence-electron chi connectivity index (χ2n) is 0.513. The van der Waals surface area contributed by atoms with E-state index in [2.05, 4.69) is 0 Å². The number of phosphoric acid groups is 1. The van der Waals surface area contributed by atoms with Crippen molar-refractivity contribution in [2.75, 3.05) is 0 Å². The molecule has 0 aromatic carbocycles. The van der Waals surface area contributed by atoms with Crippen LogP contribution in [-0.4, -0.2) is 14.7 Å². The molecular formula is H3O4PU+4. The maximum atomic E-state index is 8.88. The van der Waals surface area contributed by atoms with Crippen molar-refractivity contribution in [3.05, 3.63) is 0 Å². The van der Waals surface area contributed by atoms with Gasteiger partial charge in [-0.3, -0.25) is 0 Å². The summed E-state index contributed by atoms with van der Waals surface area (Å²) in [5.74, 6) is 0. The standard InChI is InChI=1S/H3O4P.U/c1-5(2,3)4;/h(H3,1,2,3,4);/q;+4. The summed E-state index contributed by atoms with van der Waals surface area (Å²) >= 11 is 0. The summed E-state index contributed by atoms with van der Waals surface area (Å²) < 4.78 is 8.88. The molecule has 0 radical (unpaired) electrons. The first-order valence-corrected chi connectivity index (χ1v) is 2.35. The SMILES string of the molecule is O=P(O)(O)O.[U+4]. The third kappa shape index (κ3) is 66.2. The maximum Gasteiger partial charge on any atom is 4.00 e. The quantitative estimate of drug-likeness (QED) is 0.500. The molecule has 0 amide bonds. The predicted octanol–water partition coefficient (Wildman–Crippen LogP) is -0.929. The van der Waals surface area contributed by atoms with E-state index >= 15 is 0 Å². The molecule has 0 saturated heterocycles. The Hall–Kier alpha value is 1.16. The molecule has 0 heterocycles. The minimum atomic E-state index is -4.64. The van der Waals surface area contributed by atoms with E-state index in [0.29, 0.717) is 0 Å². The van der Waals surface area contributed by atoms with Crippen LogP contribution in [0.1, 0.15) is 0 Å². The van der Waals surface area contributed by atoms with E-state index in [1.54, 1.807) is 0 Å². The average Bonchev–Trinajstić information content (AvgIpc) is 0.722. The fourth-order valence-electron chi connectivity index (χ4n) is 0. The molecule has 0 rings (SSSR count). The summed E-state index contributed by atoms with van der Waals surface area (Å²) in [5, 5.41) is 0. The molecule has 6 heavy (non-hydrogen) atoms. The summed E-state index contributed by atoms with van der Waals surface area (Å²) in [6, 6.07) is 0. The van der Waals surface area contributed by atoms with Crippen LogP contribution < -0.4 is 0 Å². The van der Waals surface area contributed by atoms with Gasteiger partial charge in [-0.2, -0.15) is 0 Å². The first-order chi connectivity index (χ1) is 2.00. The molecule has 0 aromatic rings. The second-order valence-corrected chi connectivity index (χ2v) is 1.54. The van der Waals surface area contributed by atoms with Crippen molar-refractivity contribution in [3.63, 3.8) is 0 Å². The first-order valence-electron chi connectivity index (χ1n) is 0.783. The molecule has 0 bridgehead atoms. The maximum absolute atomic E-state index is 8.88. The second kappa shape index (κ2) is 3.20. The van der Waals surface area contributed by atoms with Gasteiger partial charge in [-0.05, 0) is 0 Å². The molecule has 0 aliphatic rings. The molecular weight excluding hydrogens is 333 g/mol. The molecule has 4 nitrogen and oxygen atoms in total. The fraction of sp³-hybridized carbons (Fsp3) is 0. The van der Waals surface area contributed by atoms with Gasteiger partial charge in [-0.1, -0.05) is 0 Å². The van der Waals surface area contributed by atoms with E-state index in [9.17, 15) is 0 Å². The van der Waals surface area contributed by atoms with E-state index < -0.39 is 7.82 Å². The van der Waals surface area contributed by atoms with Crippen molar-refractivity contribution >= 4 is 7.82 Å². The third-order valence-electron chi connectivity index (χ3n) is 0. The van der Waals surface area contributed by atoms with Crippen LogP contribution in [0.5, 0.6) is 0 Å². The van der Waals surface area contributed by atoms with Crippen LogP contribution in [0.15, 0.2) is 0 Å². The number of rotatable bonds is 0. The van der Waals surface area contributed by atoms with Crippen LogP contribution >= 0.6 is 7.82 Å². The van der Waals surface area contributed by atoms with E-state index in [4.69, 9.17) is 19.2 Å². The number of hydrogen-bond acceptors (Lipinski definition) is 1. The zero-order valence-corrected chi connectivity index (χ0v) is 7.76. The van der Waals surface area contributed by atoms with Crippen molar-refractivity contribution < 1.29 is 50.4 Å². The minimum Gasteiger partial charge on any atom is -0.303 e. The molecule has 0 saturated carbocycles. The smallest absolute Gasteiger partial charge is 0.303 e. The topological polar surface area (TPSA) is 77.8 Å². The molecule has 0 atom stereocenters. The fourth-order valence-corrected chi connectivity index (χ4v) is 0. The van der Waals surface area contributed by atoms with Gasteiger partial charge in [0.05, 0.1) is 0 Å². The van der Waals surface area contributed by atoms with Gasteiger partial charge in [-0.15, -0.1) is 0 Å². The van der Waals surface area contributed by atoms with E-state index in [1.807, 2.05) is 0 Å². The summed E-state index contributed by atoms with van der Waals surface area (Å²) in [7, 11) is -4.64. The normalized spacial score (nSPS) is 9.83. The molecule has 0 fully saturated rings. The molecule has 3 N–H and O–H groups in total. The Kier molecular flexibility index (Phi) is 5.44. The average molecular weight is 336 g/mol. The monoisotopic (exact) mass is 336 g/mol. The van der Waals surface area contributed by atoms with Crippen molar-refractivity contribution in [3.8, 4) is 0 Å². The van der Waals surface area contributed by atoms with Crippen molar-refractivity contribution in [2.24, 2.45) is 0 Å². The van der Waals surface area contributed by atoms with Gasteiger partial charge in [0.1, 0.15) is 0 Å². The van der Waals surface area contributed by atoms with Gasteiger partial charge in [0.2, 0.25) is 0 Å². The van der Waals surface area contributed by atoms with Crippen molar-refractivity contribution in [1.82, 2.24) is 0 Å². The zero-order chi connectivity index (χ0) is 4.50. The Morgan fingerprint density at radius 2 is 1.17 bits per heavy atom. The van der Waals surface area contributed by atoms with Gasteiger partial charge in [-0.25, -0.2) is 4.57 Å². The van der Waals surface area contributed by atoms with Crippen LogP contribution in [0.25, 0.3) is 0 Å². The van der Waals surface area contributed by atoms with Gasteiger partial charge >= 0.3 is 38.9 Å². The van der Waals surface area contributed by atoms with Crippen molar-refractivity contribution in [1.29, 1.82) is 0 Å². The summed E-state index contributed by atoms with van der Waals surface area (Å²) in [6.45, 7) is 0. The Balaban J connectivity index is 0. The number of hydrogen-bond donors (Lipinski definition) is 3. The molecule has 0 unspecified atom stereocenters. The molecule has 0 aliphatic heterocycles. The molecule has 6 heteroatoms. The van der Waals surface area contributed by atoms with Crippen LogP contribution in [0.4, 0.5) is 0 Å². The first kappa shape index (κ1) is 10.2. The van der Waals surface area contributed by atoms with Crippen LogP contribution in [0.2, 0.25) is 0 Å². The Morgan fingerprint density at radius 3 is 1.17 bits per heavy atom. The van der Waals surface area contributed by atoms with Crippen LogP contribution in [0, 0.1) is 31.1 Å². The van der Waals surface area contributed by atoms with Crippen LogP contribution in [-0.2, 0) is 4.57 Å². The summed E-state index contributed by atoms with van der Waals surface area (Å²) in [4.78, 5) is 21.6. The molecule has 0 aliphatic carbocycles.